The second-order valence-corrected chi connectivity index (χ2v) is 8.58. The summed E-state index contributed by atoms with van der Waals surface area (Å²) in [5.74, 6) is 0.172. The minimum Gasteiger partial charge on any atom is -0.444 e. The third kappa shape index (κ3) is 3.91. The quantitative estimate of drug-likeness (QED) is 0.694. The summed E-state index contributed by atoms with van der Waals surface area (Å²) in [6.07, 6.45) is 1.77. The molecule has 0 aromatic rings. The van der Waals surface area contributed by atoms with Crippen LogP contribution in [0.15, 0.2) is 11.5 Å². The molecule has 0 aromatic heterocycles. The van der Waals surface area contributed by atoms with E-state index in [1.165, 1.54) is 0 Å². The average molecular weight is 323 g/mol. The maximum atomic E-state index is 12.2. The predicted molar refractivity (Wildman–Crippen MR) is 91.1 cm³/mol. The highest BCUT2D eigenvalue weighted by Crippen LogP contribution is 2.40. The molecule has 0 spiro atoms. The Balaban J connectivity index is 2.06. The zero-order valence-electron chi connectivity index (χ0n) is 15.7. The molecule has 5 nitrogen and oxygen atoms in total. The van der Waals surface area contributed by atoms with Gasteiger partial charge < -0.3 is 18.9 Å². The number of hydrogen-bond donors (Lipinski definition) is 0. The molecule has 2 heterocycles. The molecule has 0 unspecified atom stereocenters. The first-order valence-electron chi connectivity index (χ1n) is 8.36. The van der Waals surface area contributed by atoms with E-state index in [1.807, 2.05) is 54.5 Å². The van der Waals surface area contributed by atoms with Crippen molar-refractivity contribution in [3.05, 3.63) is 11.5 Å². The number of nitrogens with zero attached hydrogens (tertiary/aromatic N) is 1. The summed E-state index contributed by atoms with van der Waals surface area (Å²) in [5, 5.41) is 0. The van der Waals surface area contributed by atoms with Gasteiger partial charge >= 0.3 is 13.2 Å². The van der Waals surface area contributed by atoms with E-state index in [-0.39, 0.29) is 30.3 Å². The normalized spacial score (nSPS) is 27.0. The summed E-state index contributed by atoms with van der Waals surface area (Å²) in [6.45, 7) is 17.1. The Morgan fingerprint density at radius 1 is 1.26 bits per heavy atom. The largest absolute Gasteiger partial charge is 0.490 e. The van der Waals surface area contributed by atoms with Gasteiger partial charge in [0.1, 0.15) is 5.60 Å². The maximum absolute atomic E-state index is 12.2. The Hall–Kier alpha value is -1.01. The zero-order valence-corrected chi connectivity index (χ0v) is 15.7. The fourth-order valence-corrected chi connectivity index (χ4v) is 2.71. The summed E-state index contributed by atoms with van der Waals surface area (Å²) < 4.78 is 17.7. The Morgan fingerprint density at radius 3 is 2.22 bits per heavy atom. The Bertz CT molecular complexity index is 491. The second kappa shape index (κ2) is 5.81. The number of carbonyl (C=O) groups excluding carboxylic acids is 1. The van der Waals surface area contributed by atoms with Crippen molar-refractivity contribution in [1.29, 1.82) is 0 Å². The highest BCUT2D eigenvalue weighted by atomic mass is 16.7. The van der Waals surface area contributed by atoms with Gasteiger partial charge in [0, 0.05) is 13.1 Å². The van der Waals surface area contributed by atoms with Crippen molar-refractivity contribution in [1.82, 2.24) is 4.90 Å². The Labute approximate surface area is 140 Å². The number of carbonyl (C=O) groups is 1. The molecule has 1 fully saturated rings. The molecule has 0 bridgehead atoms. The summed E-state index contributed by atoms with van der Waals surface area (Å²) >= 11 is 0. The van der Waals surface area contributed by atoms with Crippen LogP contribution in [0.2, 0.25) is 0 Å². The van der Waals surface area contributed by atoms with Gasteiger partial charge in [0.15, 0.2) is 0 Å². The van der Waals surface area contributed by atoms with Crippen molar-refractivity contribution in [3.63, 3.8) is 0 Å². The molecule has 2 aliphatic heterocycles. The van der Waals surface area contributed by atoms with Gasteiger partial charge in [-0.2, -0.15) is 0 Å². The van der Waals surface area contributed by atoms with E-state index >= 15 is 0 Å². The smallest absolute Gasteiger partial charge is 0.444 e. The molecule has 6 heteroatoms. The molecule has 2 rings (SSSR count). The van der Waals surface area contributed by atoms with E-state index in [0.717, 1.165) is 5.47 Å². The number of rotatable bonds is 1. The molecule has 1 saturated heterocycles. The molecule has 0 radical (unpaired) electrons. The summed E-state index contributed by atoms with van der Waals surface area (Å²) in [7, 11) is -0.337. The SMILES string of the molecule is C[C@@H]1CN(C(=O)OC(C)(C)C)CC=C1B1OC(C)(C)C(C)(C)O1. The lowest BCUT2D eigenvalue weighted by Gasteiger charge is -2.33. The number of ether oxygens (including phenoxy) is 1. The number of amides is 1. The average Bonchev–Trinajstić information content (AvgIpc) is 2.55. The van der Waals surface area contributed by atoms with Crippen LogP contribution in [0.4, 0.5) is 4.79 Å². The molecule has 0 N–H and O–H groups in total. The number of hydrogen-bond acceptors (Lipinski definition) is 4. The van der Waals surface area contributed by atoms with Crippen LogP contribution in [0, 0.1) is 5.92 Å². The van der Waals surface area contributed by atoms with E-state index in [4.69, 9.17) is 14.0 Å². The first kappa shape index (κ1) is 18.3. The van der Waals surface area contributed by atoms with Crippen LogP contribution in [-0.2, 0) is 14.0 Å². The molecule has 1 atom stereocenters. The fourth-order valence-electron chi connectivity index (χ4n) is 2.71. The van der Waals surface area contributed by atoms with Gasteiger partial charge in [-0.05, 0) is 59.9 Å². The van der Waals surface area contributed by atoms with Crippen molar-refractivity contribution < 1.29 is 18.8 Å². The monoisotopic (exact) mass is 323 g/mol. The van der Waals surface area contributed by atoms with Gasteiger partial charge in [-0.25, -0.2) is 4.79 Å². The molecular weight excluding hydrogens is 293 g/mol. The van der Waals surface area contributed by atoms with Crippen molar-refractivity contribution in [3.8, 4) is 0 Å². The lowest BCUT2D eigenvalue weighted by molar-refractivity contribution is 0.00578. The Kier molecular flexibility index (Phi) is 4.64. The lowest BCUT2D eigenvalue weighted by atomic mass is 9.70. The molecule has 130 valence electrons. The van der Waals surface area contributed by atoms with Gasteiger partial charge in [0.2, 0.25) is 0 Å². The zero-order chi connectivity index (χ0) is 17.6. The summed E-state index contributed by atoms with van der Waals surface area (Å²) in [5.41, 5.74) is -0.0552. The van der Waals surface area contributed by atoms with Crippen LogP contribution in [-0.4, -0.2) is 48.0 Å². The van der Waals surface area contributed by atoms with Gasteiger partial charge in [-0.15, -0.1) is 0 Å². The maximum Gasteiger partial charge on any atom is 0.490 e. The van der Waals surface area contributed by atoms with Crippen LogP contribution >= 0.6 is 0 Å². The van der Waals surface area contributed by atoms with Crippen molar-refractivity contribution in [2.24, 2.45) is 5.92 Å². The molecule has 23 heavy (non-hydrogen) atoms. The topological polar surface area (TPSA) is 48.0 Å². The molecule has 0 saturated carbocycles. The van der Waals surface area contributed by atoms with Crippen LogP contribution in [0.25, 0.3) is 0 Å². The summed E-state index contributed by atoms with van der Waals surface area (Å²) in [6, 6.07) is 0. The molecule has 0 aliphatic carbocycles. The highest BCUT2D eigenvalue weighted by molar-refractivity contribution is 6.54. The predicted octanol–water partition coefficient (Wildman–Crippen LogP) is 3.43. The van der Waals surface area contributed by atoms with E-state index in [2.05, 4.69) is 6.92 Å². The highest BCUT2D eigenvalue weighted by Gasteiger charge is 2.53. The van der Waals surface area contributed by atoms with Crippen LogP contribution in [0.3, 0.4) is 0 Å². The van der Waals surface area contributed by atoms with E-state index in [9.17, 15) is 4.79 Å². The van der Waals surface area contributed by atoms with Gasteiger partial charge in [-0.1, -0.05) is 13.0 Å². The van der Waals surface area contributed by atoms with Crippen molar-refractivity contribution >= 4 is 13.2 Å². The van der Waals surface area contributed by atoms with Crippen LogP contribution in [0.5, 0.6) is 0 Å². The second-order valence-electron chi connectivity index (χ2n) is 8.58. The minimum absolute atomic E-state index is 0.172. The van der Waals surface area contributed by atoms with Crippen molar-refractivity contribution in [2.45, 2.75) is 72.2 Å². The van der Waals surface area contributed by atoms with Crippen LogP contribution in [0.1, 0.15) is 55.4 Å². The van der Waals surface area contributed by atoms with E-state index in [1.54, 1.807) is 4.90 Å². The lowest BCUT2D eigenvalue weighted by Crippen LogP contribution is -2.44. The van der Waals surface area contributed by atoms with Crippen LogP contribution < -0.4 is 0 Å². The third-order valence-electron chi connectivity index (χ3n) is 4.79. The summed E-state index contributed by atoms with van der Waals surface area (Å²) in [4.78, 5) is 13.9. The van der Waals surface area contributed by atoms with Gasteiger partial charge in [0.25, 0.3) is 0 Å². The standard InChI is InChI=1S/C17H30BNO4/c1-12-11-19(14(20)21-15(2,3)4)10-9-13(12)18-22-16(5,6)17(7,8)23-18/h9,12H,10-11H2,1-8H3/t12-/m1/s1. The Morgan fingerprint density at radius 2 is 1.78 bits per heavy atom. The molecule has 0 aromatic carbocycles. The van der Waals surface area contributed by atoms with Gasteiger partial charge in [-0.3, -0.25) is 0 Å². The first-order valence-corrected chi connectivity index (χ1v) is 8.36. The third-order valence-corrected chi connectivity index (χ3v) is 4.79. The fraction of sp³-hybridized carbons (Fsp3) is 0.824. The molecular formula is C17H30BNO4. The van der Waals surface area contributed by atoms with Gasteiger partial charge in [0.05, 0.1) is 11.2 Å². The van der Waals surface area contributed by atoms with E-state index < -0.39 is 5.60 Å². The molecule has 2 aliphatic rings. The van der Waals surface area contributed by atoms with Crippen molar-refractivity contribution in [2.75, 3.05) is 13.1 Å². The minimum atomic E-state index is -0.476. The molecule has 1 amide bonds. The first-order chi connectivity index (χ1) is 10.3. The van der Waals surface area contributed by atoms with E-state index in [0.29, 0.717) is 13.1 Å².